The maximum Gasteiger partial charge on any atom is 0.411 e. The molecule has 4 rings (SSSR count). The predicted octanol–water partition coefficient (Wildman–Crippen LogP) is 2.73. The minimum atomic E-state index is -0.890. The third-order valence-electron chi connectivity index (χ3n) is 6.87. The highest BCUT2D eigenvalue weighted by Crippen LogP contribution is 2.47. The molecule has 214 valence electrons. The van der Waals surface area contributed by atoms with Crippen molar-refractivity contribution < 1.29 is 33.8 Å². The summed E-state index contributed by atoms with van der Waals surface area (Å²) in [7, 11) is 0. The Labute approximate surface area is 237 Å². The van der Waals surface area contributed by atoms with Crippen LogP contribution in [0.15, 0.2) is 73.7 Å². The number of amides is 3. The second-order valence-corrected chi connectivity index (χ2v) is 9.65. The van der Waals surface area contributed by atoms with Crippen LogP contribution in [0, 0.1) is 5.92 Å². The summed E-state index contributed by atoms with van der Waals surface area (Å²) >= 11 is 0. The van der Waals surface area contributed by atoms with Crippen molar-refractivity contribution in [2.24, 2.45) is 5.92 Å². The Morgan fingerprint density at radius 3 is 2.54 bits per heavy atom. The molecule has 0 unspecified atom stereocenters. The molecule has 2 aliphatic rings. The van der Waals surface area contributed by atoms with Crippen LogP contribution in [0.25, 0.3) is 5.57 Å². The predicted molar refractivity (Wildman–Crippen MR) is 150 cm³/mol. The van der Waals surface area contributed by atoms with Gasteiger partial charge in [-0.3, -0.25) is 19.9 Å². The van der Waals surface area contributed by atoms with Gasteiger partial charge < -0.3 is 24.8 Å². The van der Waals surface area contributed by atoms with Crippen molar-refractivity contribution in [2.75, 3.05) is 18.5 Å². The van der Waals surface area contributed by atoms with E-state index in [9.17, 15) is 24.3 Å². The number of pyridine rings is 1. The molecule has 1 fully saturated rings. The second kappa shape index (κ2) is 13.1. The van der Waals surface area contributed by atoms with E-state index in [4.69, 9.17) is 9.47 Å². The summed E-state index contributed by atoms with van der Waals surface area (Å²) < 4.78 is 10.4. The molecule has 1 saturated heterocycles. The van der Waals surface area contributed by atoms with Crippen LogP contribution >= 0.6 is 0 Å². The lowest BCUT2D eigenvalue weighted by atomic mass is 9.82. The molecule has 3 amide bonds. The summed E-state index contributed by atoms with van der Waals surface area (Å²) in [5.74, 6) is -1.98. The van der Waals surface area contributed by atoms with Crippen LogP contribution in [0.1, 0.15) is 30.0 Å². The van der Waals surface area contributed by atoms with Gasteiger partial charge in [-0.2, -0.15) is 0 Å². The minimum Gasteiger partial charge on any atom is -0.457 e. The van der Waals surface area contributed by atoms with Crippen LogP contribution in [-0.4, -0.2) is 64.2 Å². The lowest BCUT2D eigenvalue weighted by Gasteiger charge is -2.44. The van der Waals surface area contributed by atoms with Crippen LogP contribution in [-0.2, 0) is 36.8 Å². The zero-order valence-electron chi connectivity index (χ0n) is 22.7. The fourth-order valence-corrected chi connectivity index (χ4v) is 4.97. The molecule has 1 aromatic heterocycles. The first-order chi connectivity index (χ1) is 19.7. The van der Waals surface area contributed by atoms with E-state index in [-0.39, 0.29) is 37.1 Å². The van der Waals surface area contributed by atoms with Crippen LogP contribution in [0.5, 0.6) is 0 Å². The Hall–Kier alpha value is -4.77. The van der Waals surface area contributed by atoms with Crippen molar-refractivity contribution in [2.45, 2.75) is 38.5 Å². The van der Waals surface area contributed by atoms with Crippen LogP contribution in [0.2, 0.25) is 0 Å². The second-order valence-electron chi connectivity index (χ2n) is 9.65. The Balaban J connectivity index is 1.65. The van der Waals surface area contributed by atoms with Crippen LogP contribution < -0.4 is 10.6 Å². The standard InChI is InChI=1S/C30H32N4O7/c1-4-12-40-29(38)27-22(16-24-26(18(3)35)28(37)34(24)27)20-6-7-21(23(14-20)33-30(39)41-13-5-2)15-25(36)32-17-19-8-10-31-11-9-19/h4-11,14,18,24,26,35H,1-2,12-13,15-17H2,3H3,(H,32,36)(H,33,39)/t18-,24-,26-/m1/s1. The molecular formula is C30H32N4O7. The Morgan fingerprint density at radius 2 is 1.85 bits per heavy atom. The number of aromatic nitrogens is 1. The molecule has 2 aromatic rings. The van der Waals surface area contributed by atoms with E-state index < -0.39 is 30.1 Å². The number of esters is 1. The fraction of sp³-hybridized carbons (Fsp3) is 0.300. The Morgan fingerprint density at radius 1 is 1.15 bits per heavy atom. The molecule has 3 atom stereocenters. The maximum atomic E-state index is 13.0. The number of benzene rings is 1. The molecule has 0 spiro atoms. The van der Waals surface area contributed by atoms with Gasteiger partial charge in [0.1, 0.15) is 18.9 Å². The molecule has 3 heterocycles. The molecular weight excluding hydrogens is 528 g/mol. The maximum absolute atomic E-state index is 13.0. The largest absolute Gasteiger partial charge is 0.457 e. The van der Waals surface area contributed by atoms with Gasteiger partial charge in [0.15, 0.2) is 0 Å². The lowest BCUT2D eigenvalue weighted by Crippen LogP contribution is -2.61. The first-order valence-electron chi connectivity index (χ1n) is 13.1. The van der Waals surface area contributed by atoms with Gasteiger partial charge in [0.05, 0.1) is 24.5 Å². The normalized spacial score (nSPS) is 18.1. The van der Waals surface area contributed by atoms with Crippen LogP contribution in [0.3, 0.4) is 0 Å². The number of hydrogen-bond acceptors (Lipinski definition) is 8. The van der Waals surface area contributed by atoms with Gasteiger partial charge in [0.25, 0.3) is 0 Å². The number of carbonyl (C=O) groups is 4. The number of fused-ring (bicyclic) bond motifs is 1. The van der Waals surface area contributed by atoms with Crippen LogP contribution in [0.4, 0.5) is 10.5 Å². The fourth-order valence-electron chi connectivity index (χ4n) is 4.97. The van der Waals surface area contributed by atoms with Crippen molar-refractivity contribution in [3.8, 4) is 0 Å². The molecule has 41 heavy (non-hydrogen) atoms. The monoisotopic (exact) mass is 560 g/mol. The number of carbonyl (C=O) groups excluding carboxylic acids is 4. The van der Waals surface area contributed by atoms with Gasteiger partial charge in [-0.1, -0.05) is 37.4 Å². The highest BCUT2D eigenvalue weighted by molar-refractivity contribution is 6.07. The van der Waals surface area contributed by atoms with Gasteiger partial charge in [0, 0.05) is 24.6 Å². The van der Waals surface area contributed by atoms with Crippen molar-refractivity contribution >= 4 is 35.1 Å². The van der Waals surface area contributed by atoms with Gasteiger partial charge in [0.2, 0.25) is 11.8 Å². The average molecular weight is 561 g/mol. The third kappa shape index (κ3) is 6.52. The Kier molecular flexibility index (Phi) is 9.30. The Bertz CT molecular complexity index is 1390. The summed E-state index contributed by atoms with van der Waals surface area (Å²) in [6, 6.07) is 8.20. The SMILES string of the molecule is C=CCOC(=O)Nc1cc(C2=C(C(=O)OCC=C)N3C(=O)[C@H]([C@@H](C)O)[C@H]3C2)ccc1CC(=O)NCc1ccncc1. The van der Waals surface area contributed by atoms with Gasteiger partial charge in [-0.05, 0) is 53.8 Å². The van der Waals surface area contributed by atoms with E-state index in [0.29, 0.717) is 35.4 Å². The molecule has 0 saturated carbocycles. The van der Waals surface area contributed by atoms with Gasteiger partial charge in [-0.15, -0.1) is 0 Å². The van der Waals surface area contributed by atoms with E-state index in [1.54, 1.807) is 49.6 Å². The average Bonchev–Trinajstić information content (AvgIpc) is 3.30. The van der Waals surface area contributed by atoms with E-state index in [0.717, 1.165) is 5.56 Å². The summed E-state index contributed by atoms with van der Waals surface area (Å²) in [5, 5.41) is 15.7. The number of ether oxygens (including phenoxy) is 2. The molecule has 11 heteroatoms. The van der Waals surface area contributed by atoms with Crippen molar-refractivity contribution in [3.05, 3.63) is 90.4 Å². The zero-order valence-corrected chi connectivity index (χ0v) is 22.7. The number of rotatable bonds is 12. The first-order valence-corrected chi connectivity index (χ1v) is 13.1. The highest BCUT2D eigenvalue weighted by Gasteiger charge is 2.57. The lowest BCUT2D eigenvalue weighted by molar-refractivity contribution is -0.162. The number of aliphatic hydroxyl groups is 1. The molecule has 11 nitrogen and oxygen atoms in total. The smallest absolute Gasteiger partial charge is 0.411 e. The third-order valence-corrected chi connectivity index (χ3v) is 6.87. The van der Waals surface area contributed by atoms with Gasteiger partial charge in [-0.25, -0.2) is 9.59 Å². The molecule has 3 N–H and O–H groups in total. The number of aliphatic hydroxyl groups excluding tert-OH is 1. The van der Waals surface area contributed by atoms with E-state index >= 15 is 0 Å². The number of β-lactam (4-membered cyclic amide) rings is 1. The number of anilines is 1. The number of nitrogens with zero attached hydrogens (tertiary/aromatic N) is 2. The molecule has 2 aliphatic heterocycles. The topological polar surface area (TPSA) is 147 Å². The summed E-state index contributed by atoms with van der Waals surface area (Å²) in [5.41, 5.74) is 2.84. The summed E-state index contributed by atoms with van der Waals surface area (Å²) in [6.45, 7) is 8.88. The van der Waals surface area contributed by atoms with E-state index in [1.807, 2.05) is 0 Å². The van der Waals surface area contributed by atoms with Crippen molar-refractivity contribution in [3.63, 3.8) is 0 Å². The van der Waals surface area contributed by atoms with Crippen molar-refractivity contribution in [1.82, 2.24) is 15.2 Å². The van der Waals surface area contributed by atoms with Crippen molar-refractivity contribution in [1.29, 1.82) is 0 Å². The summed E-state index contributed by atoms with van der Waals surface area (Å²) in [4.78, 5) is 56.5. The van der Waals surface area contributed by atoms with E-state index in [1.165, 1.54) is 17.1 Å². The molecule has 0 aliphatic carbocycles. The molecule has 0 radical (unpaired) electrons. The highest BCUT2D eigenvalue weighted by atomic mass is 16.5. The molecule has 0 bridgehead atoms. The van der Waals surface area contributed by atoms with E-state index in [2.05, 4.69) is 28.8 Å². The molecule has 1 aromatic carbocycles. The van der Waals surface area contributed by atoms with Gasteiger partial charge >= 0.3 is 12.1 Å². The minimum absolute atomic E-state index is 0.0167. The zero-order chi connectivity index (χ0) is 29.5. The summed E-state index contributed by atoms with van der Waals surface area (Å²) in [6.07, 6.45) is 4.73. The number of hydrogen-bond donors (Lipinski definition) is 3. The number of nitrogens with one attached hydrogen (secondary N) is 2. The quantitative estimate of drug-likeness (QED) is 0.204. The first kappa shape index (κ1) is 29.2.